The summed E-state index contributed by atoms with van der Waals surface area (Å²) in [5.74, 6) is -0.764. The number of nitrogens with zero attached hydrogens (tertiary/aromatic N) is 3. The average molecular weight is 511 g/mol. The first-order valence-electron chi connectivity index (χ1n) is 12.1. The molecule has 0 saturated carbocycles. The van der Waals surface area contributed by atoms with Gasteiger partial charge >= 0.3 is 0 Å². The largest absolute Gasteiger partial charge is 0.450 e. The number of aryl methyl sites for hydroxylation is 1. The van der Waals surface area contributed by atoms with E-state index in [1.165, 1.54) is 30.3 Å². The molecule has 0 radical (unpaired) electrons. The van der Waals surface area contributed by atoms with E-state index in [0.717, 1.165) is 11.1 Å². The third-order valence-electron chi connectivity index (χ3n) is 6.14. The highest BCUT2D eigenvalue weighted by atomic mass is 16.5. The van der Waals surface area contributed by atoms with Gasteiger partial charge in [0.1, 0.15) is 11.3 Å². The molecule has 0 saturated heterocycles. The summed E-state index contributed by atoms with van der Waals surface area (Å²) in [6.45, 7) is 8.51. The lowest BCUT2D eigenvalue weighted by molar-refractivity contribution is -0.125. The van der Waals surface area contributed by atoms with Gasteiger partial charge in [-0.05, 0) is 75.2 Å². The predicted octanol–water partition coefficient (Wildman–Crippen LogP) is 5.36. The molecule has 0 bridgehead atoms. The smallest absolute Gasteiger partial charge is 0.277 e. The summed E-state index contributed by atoms with van der Waals surface area (Å²) in [6, 6.07) is 14.9. The molecule has 2 aromatic heterocycles. The Morgan fingerprint density at radius 1 is 1.05 bits per heavy atom. The van der Waals surface area contributed by atoms with Crippen LogP contribution in [0, 0.1) is 18.3 Å². The highest BCUT2D eigenvalue weighted by Crippen LogP contribution is 2.35. The number of fused-ring (bicyclic) bond motifs is 1. The van der Waals surface area contributed by atoms with Crippen molar-refractivity contribution in [3.63, 3.8) is 0 Å². The number of aromatic nitrogens is 1. The standard InChI is InChI=1S/C29H26N4O5/c1-5-33(6-2)25(34)13-17(3)21-11-12-24-22(15-21)26(31-29(36)23-14-18(4)38-32-23)28(37-24)27(35)20-9-7-19(16-30)8-10-20/h7-15H,5-6H2,1-4H3,(H,31,36)/b17-13+. The van der Waals surface area contributed by atoms with E-state index in [0.29, 0.717) is 35.4 Å². The molecular formula is C29H26N4O5. The van der Waals surface area contributed by atoms with Gasteiger partial charge in [0, 0.05) is 36.2 Å². The van der Waals surface area contributed by atoms with Gasteiger partial charge in [-0.3, -0.25) is 14.4 Å². The second-order valence-electron chi connectivity index (χ2n) is 8.65. The summed E-state index contributed by atoms with van der Waals surface area (Å²) >= 11 is 0. The predicted molar refractivity (Wildman–Crippen MR) is 142 cm³/mol. The van der Waals surface area contributed by atoms with E-state index in [1.807, 2.05) is 26.8 Å². The van der Waals surface area contributed by atoms with Crippen molar-refractivity contribution in [2.24, 2.45) is 0 Å². The summed E-state index contributed by atoms with van der Waals surface area (Å²) in [5, 5.41) is 16.1. The highest BCUT2D eigenvalue weighted by Gasteiger charge is 2.25. The van der Waals surface area contributed by atoms with Crippen LogP contribution in [0.1, 0.15) is 64.3 Å². The van der Waals surface area contributed by atoms with Gasteiger partial charge in [-0.25, -0.2) is 0 Å². The summed E-state index contributed by atoms with van der Waals surface area (Å²) in [4.78, 5) is 40.7. The number of hydrogen-bond acceptors (Lipinski definition) is 7. The maximum absolute atomic E-state index is 13.4. The van der Waals surface area contributed by atoms with Crippen molar-refractivity contribution in [3.05, 3.63) is 88.5 Å². The maximum Gasteiger partial charge on any atom is 0.277 e. The maximum atomic E-state index is 13.4. The van der Waals surface area contributed by atoms with Gasteiger partial charge in [0.25, 0.3) is 5.91 Å². The van der Waals surface area contributed by atoms with E-state index >= 15 is 0 Å². The topological polar surface area (TPSA) is 129 Å². The van der Waals surface area contributed by atoms with Gasteiger partial charge < -0.3 is 19.2 Å². The third kappa shape index (κ3) is 5.25. The molecule has 4 rings (SSSR count). The number of anilines is 1. The lowest BCUT2D eigenvalue weighted by Crippen LogP contribution is -2.28. The molecule has 9 nitrogen and oxygen atoms in total. The Morgan fingerprint density at radius 3 is 2.34 bits per heavy atom. The Bertz CT molecular complexity index is 1600. The van der Waals surface area contributed by atoms with Crippen molar-refractivity contribution in [2.45, 2.75) is 27.7 Å². The van der Waals surface area contributed by atoms with Gasteiger partial charge in [0.15, 0.2) is 11.5 Å². The van der Waals surface area contributed by atoms with E-state index in [1.54, 1.807) is 36.1 Å². The Balaban J connectivity index is 1.81. The number of rotatable bonds is 8. The van der Waals surface area contributed by atoms with Crippen molar-refractivity contribution in [1.29, 1.82) is 5.26 Å². The number of carbonyl (C=O) groups is 3. The Hall–Kier alpha value is -4.97. The molecule has 0 spiro atoms. The number of hydrogen-bond donors (Lipinski definition) is 1. The van der Waals surface area contributed by atoms with Crippen molar-refractivity contribution < 1.29 is 23.3 Å². The van der Waals surface area contributed by atoms with Gasteiger partial charge in [-0.15, -0.1) is 0 Å². The monoisotopic (exact) mass is 510 g/mol. The van der Waals surface area contributed by atoms with Crippen LogP contribution in [-0.4, -0.2) is 40.7 Å². The summed E-state index contributed by atoms with van der Waals surface area (Å²) < 4.78 is 11.0. The number of benzene rings is 2. The molecule has 192 valence electrons. The first-order valence-corrected chi connectivity index (χ1v) is 12.1. The molecule has 4 aromatic rings. The molecule has 9 heteroatoms. The number of furan rings is 1. The molecule has 2 heterocycles. The van der Waals surface area contributed by atoms with Crippen LogP contribution in [-0.2, 0) is 4.79 Å². The minimum Gasteiger partial charge on any atom is -0.450 e. The third-order valence-corrected chi connectivity index (χ3v) is 6.14. The fourth-order valence-electron chi connectivity index (χ4n) is 4.00. The van der Waals surface area contributed by atoms with Crippen molar-refractivity contribution in [3.8, 4) is 6.07 Å². The minimum atomic E-state index is -0.576. The van der Waals surface area contributed by atoms with Crippen LogP contribution in [0.5, 0.6) is 0 Å². The quantitative estimate of drug-likeness (QED) is 0.250. The zero-order chi connectivity index (χ0) is 27.4. The molecule has 0 unspecified atom stereocenters. The molecule has 2 aromatic carbocycles. The molecule has 0 aliphatic rings. The first-order chi connectivity index (χ1) is 18.2. The Morgan fingerprint density at radius 2 is 1.74 bits per heavy atom. The first kappa shape index (κ1) is 26.1. The number of nitrogens with one attached hydrogen (secondary N) is 1. The van der Waals surface area contributed by atoms with Crippen LogP contribution in [0.3, 0.4) is 0 Å². The number of amides is 2. The van der Waals surface area contributed by atoms with E-state index < -0.39 is 11.7 Å². The van der Waals surface area contributed by atoms with Crippen molar-refractivity contribution in [1.82, 2.24) is 10.1 Å². The number of nitriles is 1. The zero-order valence-corrected chi connectivity index (χ0v) is 21.5. The molecule has 0 atom stereocenters. The molecule has 2 amide bonds. The van der Waals surface area contributed by atoms with Gasteiger partial charge in [-0.2, -0.15) is 5.26 Å². The molecule has 0 fully saturated rings. The fraction of sp³-hybridized carbons (Fsp3) is 0.207. The van der Waals surface area contributed by atoms with Gasteiger partial charge in [0.05, 0.1) is 17.3 Å². The summed E-state index contributed by atoms with van der Waals surface area (Å²) in [6.07, 6.45) is 1.56. The number of ketones is 1. The second kappa shape index (κ2) is 11.0. The summed E-state index contributed by atoms with van der Waals surface area (Å²) in [7, 11) is 0. The number of carbonyl (C=O) groups excluding carboxylic acids is 3. The van der Waals surface area contributed by atoms with Crippen LogP contribution >= 0.6 is 0 Å². The highest BCUT2D eigenvalue weighted by molar-refractivity contribution is 6.19. The lowest BCUT2D eigenvalue weighted by atomic mass is 10.0. The van der Waals surface area contributed by atoms with Gasteiger partial charge in [-0.1, -0.05) is 11.2 Å². The van der Waals surface area contributed by atoms with Crippen LogP contribution in [0.4, 0.5) is 5.69 Å². The van der Waals surface area contributed by atoms with E-state index in [-0.39, 0.29) is 28.6 Å². The SMILES string of the molecule is CCN(CC)C(=O)/C=C(\C)c1ccc2oc(C(=O)c3ccc(C#N)cc3)c(NC(=O)c3cc(C)on3)c2c1. The van der Waals surface area contributed by atoms with Crippen molar-refractivity contribution >= 4 is 39.8 Å². The molecule has 0 aliphatic carbocycles. The van der Waals surface area contributed by atoms with E-state index in [4.69, 9.17) is 14.2 Å². The minimum absolute atomic E-state index is 0.0469. The van der Waals surface area contributed by atoms with Crippen LogP contribution in [0.15, 0.2) is 63.5 Å². The molecular weight excluding hydrogens is 484 g/mol. The second-order valence-corrected chi connectivity index (χ2v) is 8.65. The van der Waals surface area contributed by atoms with Crippen LogP contribution < -0.4 is 5.32 Å². The number of likely N-dealkylation sites (N-methyl/N-ethyl adjacent to an activating group) is 1. The molecule has 38 heavy (non-hydrogen) atoms. The number of allylic oxidation sites excluding steroid dienone is 1. The Labute approximate surface area is 219 Å². The summed E-state index contributed by atoms with van der Waals surface area (Å²) in [5.41, 5.74) is 2.73. The van der Waals surface area contributed by atoms with Crippen molar-refractivity contribution in [2.75, 3.05) is 18.4 Å². The Kier molecular flexibility index (Phi) is 7.53. The molecule has 1 N–H and O–H groups in total. The van der Waals surface area contributed by atoms with E-state index in [2.05, 4.69) is 10.5 Å². The molecule has 0 aliphatic heterocycles. The lowest BCUT2D eigenvalue weighted by Gasteiger charge is -2.16. The fourth-order valence-corrected chi connectivity index (χ4v) is 4.00. The van der Waals surface area contributed by atoms with E-state index in [9.17, 15) is 14.4 Å². The average Bonchev–Trinajstić information content (AvgIpc) is 3.52. The normalized spacial score (nSPS) is 11.3. The zero-order valence-electron chi connectivity index (χ0n) is 21.5. The van der Waals surface area contributed by atoms with Gasteiger partial charge in [0.2, 0.25) is 11.7 Å². The van der Waals surface area contributed by atoms with Crippen LogP contribution in [0.25, 0.3) is 16.5 Å². The van der Waals surface area contributed by atoms with Crippen LogP contribution in [0.2, 0.25) is 0 Å².